The molecule has 0 radical (unpaired) electrons. The van der Waals surface area contributed by atoms with Crippen LogP contribution in [0, 0.1) is 0 Å². The van der Waals surface area contributed by atoms with Gasteiger partial charge in [0.15, 0.2) is 0 Å². The van der Waals surface area contributed by atoms with Gasteiger partial charge in [-0.3, -0.25) is 0 Å². The van der Waals surface area contributed by atoms with Crippen LogP contribution in [-0.4, -0.2) is 44.7 Å². The quantitative estimate of drug-likeness (QED) is 0.785. The molecule has 2 saturated heterocycles. The Morgan fingerprint density at radius 3 is 2.00 bits per heavy atom. The summed E-state index contributed by atoms with van der Waals surface area (Å²) < 4.78 is 90.2. The number of fused-ring (bicyclic) bond motifs is 2. The number of halogens is 3. The molecule has 2 heterocycles. The first kappa shape index (κ1) is 18.7. The molecule has 2 fully saturated rings. The number of benzene rings is 1. The second-order valence-corrected chi connectivity index (χ2v) is 10.8. The van der Waals surface area contributed by atoms with Gasteiger partial charge in [0.2, 0.25) is 10.0 Å². The van der Waals surface area contributed by atoms with Crippen molar-refractivity contribution in [3.8, 4) is 0 Å². The fraction of sp³-hybridized carbons (Fsp3) is 0.600. The molecule has 25 heavy (non-hydrogen) atoms. The normalized spacial score (nSPS) is 28.2. The summed E-state index contributed by atoms with van der Waals surface area (Å²) in [4.78, 5) is -0.766. The van der Waals surface area contributed by atoms with Crippen LogP contribution in [0.5, 0.6) is 0 Å². The Balaban J connectivity index is 2.01. The van der Waals surface area contributed by atoms with E-state index in [1.807, 2.05) is 0 Å². The van der Waals surface area contributed by atoms with Gasteiger partial charge in [-0.05, 0) is 37.8 Å². The van der Waals surface area contributed by atoms with E-state index in [1.54, 1.807) is 0 Å². The average Bonchev–Trinajstić information content (AvgIpc) is 2.77. The van der Waals surface area contributed by atoms with Gasteiger partial charge >= 0.3 is 6.18 Å². The van der Waals surface area contributed by atoms with Crippen LogP contribution in [0.3, 0.4) is 0 Å². The summed E-state index contributed by atoms with van der Waals surface area (Å²) in [6, 6.07) is 2.95. The molecule has 0 spiro atoms. The lowest BCUT2D eigenvalue weighted by atomic mass is 10.1. The second kappa shape index (κ2) is 5.95. The molecule has 3 rings (SSSR count). The highest BCUT2D eigenvalue weighted by molar-refractivity contribution is 7.91. The van der Waals surface area contributed by atoms with E-state index >= 15 is 0 Å². The van der Waals surface area contributed by atoms with Gasteiger partial charge in [0.05, 0.1) is 15.7 Å². The first-order valence-corrected chi connectivity index (χ1v) is 11.2. The van der Waals surface area contributed by atoms with Gasteiger partial charge < -0.3 is 0 Å². The zero-order valence-electron chi connectivity index (χ0n) is 13.4. The lowest BCUT2D eigenvalue weighted by molar-refractivity contribution is -0.139. The summed E-state index contributed by atoms with van der Waals surface area (Å²) >= 11 is 0. The van der Waals surface area contributed by atoms with Gasteiger partial charge in [-0.1, -0.05) is 12.1 Å². The minimum Gasteiger partial charge on any atom is -0.229 e. The molecular formula is C15H18F3NO4S2. The van der Waals surface area contributed by atoms with E-state index in [2.05, 4.69) is 0 Å². The number of piperidine rings is 1. The molecule has 0 N–H and O–H groups in total. The van der Waals surface area contributed by atoms with E-state index in [1.165, 1.54) is 6.07 Å². The Morgan fingerprint density at radius 1 is 1.00 bits per heavy atom. The highest BCUT2D eigenvalue weighted by Crippen LogP contribution is 2.43. The molecule has 1 aromatic rings. The molecule has 0 amide bonds. The topological polar surface area (TPSA) is 71.5 Å². The van der Waals surface area contributed by atoms with E-state index in [9.17, 15) is 30.0 Å². The van der Waals surface area contributed by atoms with E-state index in [0.29, 0.717) is 12.8 Å². The van der Waals surface area contributed by atoms with Crippen molar-refractivity contribution < 1.29 is 30.0 Å². The molecule has 2 atom stereocenters. The number of hydrogen-bond donors (Lipinski definition) is 0. The van der Waals surface area contributed by atoms with Crippen LogP contribution in [-0.2, 0) is 26.0 Å². The van der Waals surface area contributed by atoms with E-state index < -0.39 is 53.8 Å². The van der Waals surface area contributed by atoms with Gasteiger partial charge in [0, 0.05) is 18.3 Å². The van der Waals surface area contributed by atoms with Crippen LogP contribution in [0.1, 0.15) is 31.2 Å². The molecule has 10 heteroatoms. The van der Waals surface area contributed by atoms with Gasteiger partial charge in [-0.2, -0.15) is 17.5 Å². The monoisotopic (exact) mass is 397 g/mol. The van der Waals surface area contributed by atoms with Crippen molar-refractivity contribution in [2.75, 3.05) is 6.26 Å². The summed E-state index contributed by atoms with van der Waals surface area (Å²) in [6.07, 6.45) is -2.49. The summed E-state index contributed by atoms with van der Waals surface area (Å²) in [5, 5.41) is -0.644. The maximum Gasteiger partial charge on any atom is 0.417 e. The highest BCUT2D eigenvalue weighted by atomic mass is 32.2. The van der Waals surface area contributed by atoms with Crippen LogP contribution >= 0.6 is 0 Å². The standard InChI is InChI=1S/C15H18F3NO4S2/c1-24(20,21)12-8-10-6-7-11(9-12)19(10)25(22,23)14-5-3-2-4-13(14)15(16,17)18/h2-5,10-12H,6-9H2,1H3. The number of alkyl halides is 3. The van der Waals surface area contributed by atoms with Crippen molar-refractivity contribution in [3.63, 3.8) is 0 Å². The van der Waals surface area contributed by atoms with Crippen molar-refractivity contribution in [3.05, 3.63) is 29.8 Å². The van der Waals surface area contributed by atoms with E-state index in [4.69, 9.17) is 0 Å². The number of sulfonamides is 1. The van der Waals surface area contributed by atoms with Crippen LogP contribution in [0.25, 0.3) is 0 Å². The van der Waals surface area contributed by atoms with Gasteiger partial charge in [0.25, 0.3) is 0 Å². The predicted octanol–water partition coefficient (Wildman–Crippen LogP) is 2.43. The fourth-order valence-corrected chi connectivity index (χ4v) is 7.12. The van der Waals surface area contributed by atoms with Crippen molar-refractivity contribution in [1.82, 2.24) is 4.31 Å². The summed E-state index contributed by atoms with van der Waals surface area (Å²) in [7, 11) is -7.68. The fourth-order valence-electron chi connectivity index (χ4n) is 3.87. The molecule has 0 aliphatic carbocycles. The first-order chi connectivity index (χ1) is 11.4. The molecular weight excluding hydrogens is 379 g/mol. The Labute approximate surface area is 144 Å². The highest BCUT2D eigenvalue weighted by Gasteiger charge is 2.50. The zero-order chi connectivity index (χ0) is 18.6. The van der Waals surface area contributed by atoms with E-state index in [-0.39, 0.29) is 12.8 Å². The number of rotatable bonds is 3. The third kappa shape index (κ3) is 3.31. The van der Waals surface area contributed by atoms with Gasteiger partial charge in [-0.15, -0.1) is 0 Å². The number of sulfone groups is 1. The minimum absolute atomic E-state index is 0.128. The number of nitrogens with zero attached hydrogens (tertiary/aromatic N) is 1. The Bertz CT molecular complexity index is 866. The third-order valence-corrected chi connectivity index (χ3v) is 8.64. The van der Waals surface area contributed by atoms with Crippen molar-refractivity contribution in [1.29, 1.82) is 0 Å². The lowest BCUT2D eigenvalue weighted by Gasteiger charge is -2.37. The SMILES string of the molecule is CS(=O)(=O)C1CC2CCC(C1)N2S(=O)(=O)c1ccccc1C(F)(F)F. The van der Waals surface area contributed by atoms with Crippen LogP contribution < -0.4 is 0 Å². The Kier molecular flexibility index (Phi) is 4.44. The van der Waals surface area contributed by atoms with Crippen molar-refractivity contribution in [2.45, 2.75) is 54.1 Å². The van der Waals surface area contributed by atoms with Crippen molar-refractivity contribution >= 4 is 19.9 Å². The first-order valence-electron chi connectivity index (χ1n) is 7.81. The molecule has 2 bridgehead atoms. The lowest BCUT2D eigenvalue weighted by Crippen LogP contribution is -2.49. The smallest absolute Gasteiger partial charge is 0.229 e. The maximum atomic E-state index is 13.2. The van der Waals surface area contributed by atoms with Crippen LogP contribution in [0.2, 0.25) is 0 Å². The summed E-state index contributed by atoms with van der Waals surface area (Å²) in [6.45, 7) is 0. The minimum atomic E-state index is -4.78. The third-order valence-electron chi connectivity index (χ3n) is 4.98. The maximum absolute atomic E-state index is 13.2. The molecule has 140 valence electrons. The summed E-state index contributed by atoms with van der Waals surface area (Å²) in [5.74, 6) is 0. The largest absolute Gasteiger partial charge is 0.417 e. The molecule has 5 nitrogen and oxygen atoms in total. The second-order valence-electron chi connectivity index (χ2n) is 6.64. The Hall–Kier alpha value is -1.13. The van der Waals surface area contributed by atoms with Crippen LogP contribution in [0.4, 0.5) is 13.2 Å². The molecule has 2 aliphatic heterocycles. The molecule has 2 unspecified atom stereocenters. The number of hydrogen-bond acceptors (Lipinski definition) is 4. The van der Waals surface area contributed by atoms with Crippen molar-refractivity contribution in [2.24, 2.45) is 0 Å². The summed E-state index contributed by atoms with van der Waals surface area (Å²) in [5.41, 5.74) is -1.19. The molecule has 0 saturated carbocycles. The predicted molar refractivity (Wildman–Crippen MR) is 85.1 cm³/mol. The average molecular weight is 397 g/mol. The molecule has 0 aromatic heterocycles. The molecule has 2 aliphatic rings. The van der Waals surface area contributed by atoms with Gasteiger partial charge in [-0.25, -0.2) is 16.8 Å². The Morgan fingerprint density at radius 2 is 1.52 bits per heavy atom. The molecule has 1 aromatic carbocycles. The van der Waals surface area contributed by atoms with Gasteiger partial charge in [0.1, 0.15) is 9.84 Å². The van der Waals surface area contributed by atoms with E-state index in [0.717, 1.165) is 28.8 Å². The van der Waals surface area contributed by atoms with Crippen LogP contribution in [0.15, 0.2) is 29.2 Å². The zero-order valence-corrected chi connectivity index (χ0v) is 15.0.